The highest BCUT2D eigenvalue weighted by Crippen LogP contribution is 2.31. The average Bonchev–Trinajstić information content (AvgIpc) is 3.13. The zero-order chi connectivity index (χ0) is 16.2. The normalized spacial score (nSPS) is 16.0. The Hall–Kier alpha value is -2.58. The predicted octanol–water partition coefficient (Wildman–Crippen LogP) is 3.22. The summed E-state index contributed by atoms with van der Waals surface area (Å²) in [6, 6.07) is 11.8. The molecular formula is C15H11N3O3S2. The molecule has 2 N–H and O–H groups in total. The van der Waals surface area contributed by atoms with Crippen LogP contribution in [0.5, 0.6) is 0 Å². The second-order valence-corrected chi connectivity index (χ2v) is 6.14. The number of amides is 3. The van der Waals surface area contributed by atoms with Crippen molar-refractivity contribution < 1.29 is 14.0 Å². The third-order valence-corrected chi connectivity index (χ3v) is 4.16. The van der Waals surface area contributed by atoms with Crippen LogP contribution in [0.2, 0.25) is 0 Å². The van der Waals surface area contributed by atoms with Gasteiger partial charge in [0.25, 0.3) is 5.91 Å². The van der Waals surface area contributed by atoms with Gasteiger partial charge in [-0.1, -0.05) is 30.0 Å². The number of hydrazine groups is 1. The molecule has 0 aliphatic carbocycles. The molecule has 1 aliphatic rings. The molecule has 116 valence electrons. The number of rotatable bonds is 3. The van der Waals surface area contributed by atoms with E-state index in [0.29, 0.717) is 16.4 Å². The first-order chi connectivity index (χ1) is 11.1. The number of nitrogens with zero attached hydrogens (tertiary/aromatic N) is 1. The maximum absolute atomic E-state index is 12.3. The van der Waals surface area contributed by atoms with Crippen LogP contribution in [0.4, 0.5) is 10.5 Å². The first kappa shape index (κ1) is 15.3. The Morgan fingerprint density at radius 1 is 1.22 bits per heavy atom. The van der Waals surface area contributed by atoms with Crippen LogP contribution in [0.3, 0.4) is 0 Å². The van der Waals surface area contributed by atoms with Gasteiger partial charge in [0, 0.05) is 11.8 Å². The molecule has 0 unspecified atom stereocenters. The molecule has 0 saturated carbocycles. The molecule has 1 fully saturated rings. The van der Waals surface area contributed by atoms with Crippen LogP contribution < -0.4 is 10.7 Å². The summed E-state index contributed by atoms with van der Waals surface area (Å²) in [6.45, 7) is 0. The van der Waals surface area contributed by atoms with Crippen molar-refractivity contribution in [2.75, 3.05) is 5.32 Å². The highest BCUT2D eigenvalue weighted by Gasteiger charge is 2.33. The van der Waals surface area contributed by atoms with Gasteiger partial charge in [-0.3, -0.25) is 4.79 Å². The minimum atomic E-state index is -0.549. The fraction of sp³-hybridized carbons (Fsp3) is 0. The molecule has 3 rings (SSSR count). The van der Waals surface area contributed by atoms with E-state index in [1.165, 1.54) is 6.26 Å². The van der Waals surface area contributed by atoms with Crippen LogP contribution in [0.1, 0.15) is 5.76 Å². The lowest BCUT2D eigenvalue weighted by molar-refractivity contribution is -0.123. The number of urea groups is 1. The second-order valence-electron chi connectivity index (χ2n) is 4.46. The van der Waals surface area contributed by atoms with Crippen molar-refractivity contribution in [3.05, 3.63) is 59.4 Å². The number of thioether (sulfide) groups is 1. The van der Waals surface area contributed by atoms with Crippen LogP contribution in [0.15, 0.2) is 58.1 Å². The van der Waals surface area contributed by atoms with Gasteiger partial charge in [-0.05, 0) is 36.5 Å². The summed E-state index contributed by atoms with van der Waals surface area (Å²) in [7, 11) is 0. The van der Waals surface area contributed by atoms with Crippen LogP contribution in [-0.2, 0) is 4.79 Å². The average molecular weight is 345 g/mol. The summed E-state index contributed by atoms with van der Waals surface area (Å²) in [5, 5.41) is 3.65. The molecule has 1 aromatic heterocycles. The molecule has 1 aromatic carbocycles. The Kier molecular flexibility index (Phi) is 4.45. The van der Waals surface area contributed by atoms with E-state index in [-0.39, 0.29) is 4.32 Å². The van der Waals surface area contributed by atoms with Crippen molar-refractivity contribution in [3.63, 3.8) is 0 Å². The minimum Gasteiger partial charge on any atom is -0.465 e. The first-order valence-electron chi connectivity index (χ1n) is 6.57. The van der Waals surface area contributed by atoms with Gasteiger partial charge >= 0.3 is 6.03 Å². The lowest BCUT2D eigenvalue weighted by Gasteiger charge is -2.16. The van der Waals surface area contributed by atoms with Crippen LogP contribution in [-0.4, -0.2) is 21.3 Å². The predicted molar refractivity (Wildman–Crippen MR) is 92.3 cm³/mol. The molecule has 1 aliphatic heterocycles. The molecule has 8 heteroatoms. The molecule has 1 saturated heterocycles. The Bertz CT molecular complexity index is 773. The van der Waals surface area contributed by atoms with E-state index in [0.717, 1.165) is 16.8 Å². The summed E-state index contributed by atoms with van der Waals surface area (Å²) in [5.74, 6) is 0.138. The van der Waals surface area contributed by atoms with E-state index in [4.69, 9.17) is 16.6 Å². The van der Waals surface area contributed by atoms with Gasteiger partial charge in [-0.15, -0.1) is 0 Å². The van der Waals surface area contributed by atoms with Crippen molar-refractivity contribution in [1.82, 2.24) is 10.4 Å². The Morgan fingerprint density at radius 2 is 2.00 bits per heavy atom. The van der Waals surface area contributed by atoms with Gasteiger partial charge in [-0.2, -0.15) is 5.01 Å². The molecule has 6 nitrogen and oxygen atoms in total. The summed E-state index contributed by atoms with van der Waals surface area (Å²) in [5.41, 5.74) is 3.05. The Morgan fingerprint density at radius 3 is 2.70 bits per heavy atom. The summed E-state index contributed by atoms with van der Waals surface area (Å²) in [6.07, 6.45) is 3.09. The van der Waals surface area contributed by atoms with Gasteiger partial charge in [-0.25, -0.2) is 10.2 Å². The van der Waals surface area contributed by atoms with Gasteiger partial charge < -0.3 is 9.73 Å². The van der Waals surface area contributed by atoms with Crippen molar-refractivity contribution in [2.45, 2.75) is 0 Å². The van der Waals surface area contributed by atoms with Crippen LogP contribution in [0.25, 0.3) is 6.08 Å². The van der Waals surface area contributed by atoms with E-state index in [1.807, 2.05) is 6.07 Å². The van der Waals surface area contributed by atoms with Gasteiger partial charge in [0.1, 0.15) is 5.76 Å². The van der Waals surface area contributed by atoms with Crippen LogP contribution >= 0.6 is 24.0 Å². The zero-order valence-corrected chi connectivity index (χ0v) is 13.3. The van der Waals surface area contributed by atoms with Gasteiger partial charge in [0.2, 0.25) is 0 Å². The lowest BCUT2D eigenvalue weighted by Crippen LogP contribution is -2.46. The molecule has 0 atom stereocenters. The first-order valence-corrected chi connectivity index (χ1v) is 7.80. The fourth-order valence-electron chi connectivity index (χ4n) is 1.85. The SMILES string of the molecule is O=C(Nc1ccccc1)NN1C(=O)C(=Cc2ccco2)SC1=S. The highest BCUT2D eigenvalue weighted by atomic mass is 32.2. The zero-order valence-electron chi connectivity index (χ0n) is 11.7. The summed E-state index contributed by atoms with van der Waals surface area (Å²) >= 11 is 6.22. The van der Waals surface area contributed by atoms with E-state index in [1.54, 1.807) is 42.5 Å². The fourth-order valence-corrected chi connectivity index (χ4v) is 3.01. The summed E-state index contributed by atoms with van der Waals surface area (Å²) < 4.78 is 5.42. The number of carbonyl (C=O) groups is 2. The smallest absolute Gasteiger partial charge is 0.338 e. The topological polar surface area (TPSA) is 74.6 Å². The van der Waals surface area contributed by atoms with Crippen molar-refractivity contribution >= 4 is 52.0 Å². The number of anilines is 1. The van der Waals surface area contributed by atoms with E-state index < -0.39 is 11.9 Å². The number of thiocarbonyl (C=S) groups is 1. The second kappa shape index (κ2) is 6.67. The number of furan rings is 1. The third kappa shape index (κ3) is 3.61. The van der Waals surface area contributed by atoms with E-state index in [2.05, 4.69) is 10.7 Å². The number of benzene rings is 1. The molecule has 2 heterocycles. The molecular weight excluding hydrogens is 334 g/mol. The van der Waals surface area contributed by atoms with E-state index >= 15 is 0 Å². The highest BCUT2D eigenvalue weighted by molar-refractivity contribution is 8.26. The number of hydrogen-bond acceptors (Lipinski definition) is 5. The monoisotopic (exact) mass is 345 g/mol. The standard InChI is InChI=1S/C15H11N3O3S2/c19-13-12(9-11-7-4-8-21-11)23-15(22)18(13)17-14(20)16-10-5-2-1-3-6-10/h1-9H,(H2,16,17,20). The summed E-state index contributed by atoms with van der Waals surface area (Å²) in [4.78, 5) is 24.6. The number of nitrogens with one attached hydrogen (secondary N) is 2. The largest absolute Gasteiger partial charge is 0.465 e. The lowest BCUT2D eigenvalue weighted by atomic mass is 10.3. The van der Waals surface area contributed by atoms with Gasteiger partial charge in [0.05, 0.1) is 11.2 Å². The van der Waals surface area contributed by atoms with Crippen molar-refractivity contribution in [3.8, 4) is 0 Å². The van der Waals surface area contributed by atoms with Crippen LogP contribution in [0, 0.1) is 0 Å². The number of hydrogen-bond donors (Lipinski definition) is 2. The molecule has 0 spiro atoms. The van der Waals surface area contributed by atoms with Gasteiger partial charge in [0.15, 0.2) is 4.32 Å². The maximum atomic E-state index is 12.3. The third-order valence-electron chi connectivity index (χ3n) is 2.86. The molecule has 0 radical (unpaired) electrons. The number of carbonyl (C=O) groups excluding carboxylic acids is 2. The molecule has 23 heavy (non-hydrogen) atoms. The maximum Gasteiger partial charge on any atom is 0.338 e. The Labute approximate surface area is 141 Å². The quantitative estimate of drug-likeness (QED) is 0.660. The minimum absolute atomic E-state index is 0.246. The van der Waals surface area contributed by atoms with Crippen molar-refractivity contribution in [2.24, 2.45) is 0 Å². The molecule has 3 amide bonds. The molecule has 0 bridgehead atoms. The van der Waals surface area contributed by atoms with E-state index in [9.17, 15) is 9.59 Å². The van der Waals surface area contributed by atoms with Crippen molar-refractivity contribution in [1.29, 1.82) is 0 Å². The Balaban J connectivity index is 1.67. The number of para-hydroxylation sites is 1. The molecule has 2 aromatic rings.